The lowest BCUT2D eigenvalue weighted by atomic mass is 9.99. The van der Waals surface area contributed by atoms with E-state index in [1.165, 1.54) is 24.3 Å². The normalized spacial score (nSPS) is 27.5. The van der Waals surface area contributed by atoms with E-state index in [0.717, 1.165) is 0 Å². The van der Waals surface area contributed by atoms with Gasteiger partial charge in [-0.1, -0.05) is 25.2 Å². The van der Waals surface area contributed by atoms with Gasteiger partial charge in [-0.05, 0) is 38.0 Å². The number of esters is 1. The topological polar surface area (TPSA) is 116 Å². The van der Waals surface area contributed by atoms with E-state index in [1.54, 1.807) is 26.0 Å². The van der Waals surface area contributed by atoms with Crippen LogP contribution in [0.15, 0.2) is 30.4 Å². The Morgan fingerprint density at radius 2 is 1.89 bits per heavy atom. The summed E-state index contributed by atoms with van der Waals surface area (Å²) in [4.78, 5) is 24.7. The zero-order chi connectivity index (χ0) is 20.8. The van der Waals surface area contributed by atoms with E-state index in [1.807, 2.05) is 6.92 Å². The first-order valence-corrected chi connectivity index (χ1v) is 9.31. The zero-order valence-corrected chi connectivity index (χ0v) is 16.3. The molecular weight excluding hydrogens is 362 g/mol. The number of ketones is 1. The molecule has 1 aromatic carbocycles. The second-order valence-corrected chi connectivity index (χ2v) is 6.87. The number of aromatic hydroxyl groups is 1. The molecule has 1 heterocycles. The van der Waals surface area contributed by atoms with E-state index in [2.05, 4.69) is 5.32 Å². The van der Waals surface area contributed by atoms with Crippen LogP contribution in [-0.4, -0.2) is 51.9 Å². The first-order valence-electron chi connectivity index (χ1n) is 9.31. The molecule has 7 heteroatoms. The number of carbonyl (C=O) groups excluding carboxylic acids is 2. The van der Waals surface area contributed by atoms with Gasteiger partial charge in [0.2, 0.25) is 0 Å². The fourth-order valence-electron chi connectivity index (χ4n) is 2.80. The number of hydrogen-bond donors (Lipinski definition) is 4. The quantitative estimate of drug-likeness (QED) is 0.573. The van der Waals surface area contributed by atoms with Gasteiger partial charge in [-0.3, -0.25) is 4.79 Å². The molecule has 0 amide bonds. The minimum atomic E-state index is -1.55. The number of phenols is 1. The van der Waals surface area contributed by atoms with Crippen molar-refractivity contribution in [2.75, 3.05) is 11.9 Å². The third kappa shape index (κ3) is 5.21. The van der Waals surface area contributed by atoms with Gasteiger partial charge >= 0.3 is 5.97 Å². The lowest BCUT2D eigenvalue weighted by Crippen LogP contribution is -2.32. The lowest BCUT2D eigenvalue weighted by molar-refractivity contribution is -0.127. The third-order valence-electron chi connectivity index (χ3n) is 4.66. The first kappa shape index (κ1) is 21.7. The Kier molecular flexibility index (Phi) is 7.37. The van der Waals surface area contributed by atoms with Crippen LogP contribution in [-0.2, 0) is 9.53 Å². The van der Waals surface area contributed by atoms with E-state index < -0.39 is 30.1 Å². The Bertz CT molecular complexity index is 785. The highest BCUT2D eigenvalue weighted by Crippen LogP contribution is 2.29. The number of phenolic OH excluding ortho intramolecular Hbond substituents is 1. The Labute approximate surface area is 164 Å². The third-order valence-corrected chi connectivity index (χ3v) is 4.66. The van der Waals surface area contributed by atoms with Gasteiger partial charge in [-0.15, -0.1) is 0 Å². The van der Waals surface area contributed by atoms with Crippen molar-refractivity contribution >= 4 is 23.5 Å². The molecule has 1 aliphatic heterocycles. The number of cyclic esters (lactones) is 1. The standard InChI is InChI=1S/C21H27NO6/c1-4-22-15-10-14-6-5-7-16(23)20(26)17(24)9-8-12(2)13(3)28-21(27)19(14)18(25)11-15/h5-6,8-13,16,20,22-23,25-26H,4,7H2,1-3H3/b6-5?,9-8-/t12-,13+,16+,20+/m1/s1. The fraction of sp³-hybridized carbons (Fsp3) is 0.429. The largest absolute Gasteiger partial charge is 0.507 e. The van der Waals surface area contributed by atoms with Gasteiger partial charge in [0.1, 0.15) is 23.5 Å². The number of nitrogens with one attached hydrogen (secondary N) is 1. The predicted octanol–water partition coefficient (Wildman–Crippen LogP) is 2.27. The summed E-state index contributed by atoms with van der Waals surface area (Å²) in [6, 6.07) is 3.13. The SMILES string of the molecule is CCNc1cc(O)c2c(c1)C=CC[C@H](O)[C@H](O)C(=O)/C=C\[C@@H](C)[C@H](C)OC2=O. The smallest absolute Gasteiger partial charge is 0.342 e. The molecular formula is C21H27NO6. The molecule has 0 aliphatic carbocycles. The summed E-state index contributed by atoms with van der Waals surface area (Å²) in [7, 11) is 0. The van der Waals surface area contributed by atoms with Gasteiger partial charge in [0, 0.05) is 24.2 Å². The van der Waals surface area contributed by atoms with Crippen molar-refractivity contribution in [2.24, 2.45) is 5.92 Å². The molecule has 0 spiro atoms. The second kappa shape index (κ2) is 9.52. The Morgan fingerprint density at radius 3 is 2.57 bits per heavy atom. The first-order chi connectivity index (χ1) is 13.2. The average Bonchev–Trinajstić information content (AvgIpc) is 2.64. The highest BCUT2D eigenvalue weighted by molar-refractivity contribution is 5.97. The highest BCUT2D eigenvalue weighted by Gasteiger charge is 2.25. The molecule has 0 fully saturated rings. The zero-order valence-electron chi connectivity index (χ0n) is 16.3. The molecule has 0 unspecified atom stereocenters. The highest BCUT2D eigenvalue weighted by atomic mass is 16.5. The summed E-state index contributed by atoms with van der Waals surface area (Å²) in [5.74, 6) is -1.84. The molecule has 0 saturated carbocycles. The van der Waals surface area contributed by atoms with Crippen LogP contribution in [0.3, 0.4) is 0 Å². The fourth-order valence-corrected chi connectivity index (χ4v) is 2.80. The summed E-state index contributed by atoms with van der Waals surface area (Å²) < 4.78 is 5.47. The van der Waals surface area contributed by atoms with Crippen molar-refractivity contribution < 1.29 is 29.6 Å². The van der Waals surface area contributed by atoms with Gasteiger partial charge < -0.3 is 25.4 Å². The summed E-state index contributed by atoms with van der Waals surface area (Å²) >= 11 is 0. The number of fused-ring (bicyclic) bond motifs is 1. The van der Waals surface area contributed by atoms with Crippen LogP contribution in [0.4, 0.5) is 5.69 Å². The van der Waals surface area contributed by atoms with Crippen LogP contribution in [0.2, 0.25) is 0 Å². The maximum absolute atomic E-state index is 12.7. The van der Waals surface area contributed by atoms with Crippen molar-refractivity contribution in [3.05, 3.63) is 41.5 Å². The molecule has 28 heavy (non-hydrogen) atoms. The molecule has 1 aliphatic rings. The van der Waals surface area contributed by atoms with E-state index >= 15 is 0 Å². The van der Waals surface area contributed by atoms with E-state index in [-0.39, 0.29) is 23.7 Å². The maximum Gasteiger partial charge on any atom is 0.342 e. The number of anilines is 1. The van der Waals surface area contributed by atoms with E-state index in [4.69, 9.17) is 4.74 Å². The number of hydrogen-bond acceptors (Lipinski definition) is 7. The molecule has 1 aromatic rings. The van der Waals surface area contributed by atoms with Crippen LogP contribution in [0, 0.1) is 5.92 Å². The van der Waals surface area contributed by atoms with Crippen molar-refractivity contribution in [2.45, 2.75) is 45.5 Å². The van der Waals surface area contributed by atoms with Crippen LogP contribution < -0.4 is 5.32 Å². The molecule has 0 aromatic heterocycles. The number of ether oxygens (including phenoxy) is 1. The molecule has 4 atom stereocenters. The van der Waals surface area contributed by atoms with Crippen LogP contribution in [0.1, 0.15) is 43.1 Å². The van der Waals surface area contributed by atoms with Crippen molar-refractivity contribution in [3.63, 3.8) is 0 Å². The Morgan fingerprint density at radius 1 is 1.18 bits per heavy atom. The summed E-state index contributed by atoms with van der Waals surface area (Å²) in [6.07, 6.45) is 2.37. The monoisotopic (exact) mass is 389 g/mol. The van der Waals surface area contributed by atoms with Crippen molar-refractivity contribution in [1.29, 1.82) is 0 Å². The van der Waals surface area contributed by atoms with Crippen LogP contribution in [0.5, 0.6) is 5.75 Å². The van der Waals surface area contributed by atoms with Crippen LogP contribution >= 0.6 is 0 Å². The summed E-state index contributed by atoms with van der Waals surface area (Å²) in [5, 5.41) is 33.5. The van der Waals surface area contributed by atoms with Gasteiger partial charge in [0.25, 0.3) is 0 Å². The van der Waals surface area contributed by atoms with Gasteiger partial charge in [0.15, 0.2) is 5.78 Å². The minimum Gasteiger partial charge on any atom is -0.507 e. The molecule has 0 bridgehead atoms. The van der Waals surface area contributed by atoms with E-state index in [0.29, 0.717) is 17.8 Å². The number of benzene rings is 1. The summed E-state index contributed by atoms with van der Waals surface area (Å²) in [6.45, 7) is 5.96. The average molecular weight is 389 g/mol. The summed E-state index contributed by atoms with van der Waals surface area (Å²) in [5.41, 5.74) is 1.04. The Balaban J connectivity index is 2.50. The van der Waals surface area contributed by atoms with Crippen molar-refractivity contribution in [3.8, 4) is 5.75 Å². The Hall–Kier alpha value is -2.64. The van der Waals surface area contributed by atoms with Gasteiger partial charge in [0.05, 0.1) is 6.10 Å². The lowest BCUT2D eigenvalue weighted by Gasteiger charge is -2.20. The number of aliphatic hydroxyl groups excluding tert-OH is 2. The van der Waals surface area contributed by atoms with Crippen LogP contribution in [0.25, 0.3) is 6.08 Å². The molecule has 4 N–H and O–H groups in total. The number of rotatable bonds is 2. The molecule has 2 rings (SSSR count). The number of carbonyl (C=O) groups is 2. The predicted molar refractivity (Wildman–Crippen MR) is 106 cm³/mol. The van der Waals surface area contributed by atoms with Gasteiger partial charge in [-0.25, -0.2) is 4.79 Å². The molecule has 0 saturated heterocycles. The molecule has 7 nitrogen and oxygen atoms in total. The second-order valence-electron chi connectivity index (χ2n) is 6.87. The van der Waals surface area contributed by atoms with Crippen molar-refractivity contribution in [1.82, 2.24) is 0 Å². The maximum atomic E-state index is 12.7. The molecule has 0 radical (unpaired) electrons. The minimum absolute atomic E-state index is 0.00656. The number of aliphatic hydroxyl groups is 2. The van der Waals surface area contributed by atoms with Gasteiger partial charge in [-0.2, -0.15) is 0 Å². The van der Waals surface area contributed by atoms with E-state index in [9.17, 15) is 24.9 Å². The molecule has 152 valence electrons.